The lowest BCUT2D eigenvalue weighted by Crippen LogP contribution is -2.56. The van der Waals surface area contributed by atoms with Crippen molar-refractivity contribution in [2.24, 2.45) is 5.92 Å². The molecule has 6 nitrogen and oxygen atoms in total. The van der Waals surface area contributed by atoms with Crippen LogP contribution in [0.1, 0.15) is 61.4 Å². The predicted octanol–water partition coefficient (Wildman–Crippen LogP) is 2.57. The number of carboxylic acid groups (broad SMARTS) is 1. The largest absolute Gasteiger partial charge is 0.480 e. The topological polar surface area (TPSA) is 86.7 Å². The van der Waals surface area contributed by atoms with Crippen LogP contribution in [0.4, 0.5) is 0 Å². The minimum atomic E-state index is -1.16. The van der Waals surface area contributed by atoms with E-state index in [1.54, 1.807) is 12.1 Å². The zero-order chi connectivity index (χ0) is 18.7. The van der Waals surface area contributed by atoms with Gasteiger partial charge in [0, 0.05) is 25.1 Å². The van der Waals surface area contributed by atoms with Crippen molar-refractivity contribution < 1.29 is 19.5 Å². The highest BCUT2D eigenvalue weighted by Crippen LogP contribution is 2.32. The zero-order valence-corrected chi connectivity index (χ0v) is 15.2. The quantitative estimate of drug-likeness (QED) is 0.847. The van der Waals surface area contributed by atoms with Crippen LogP contribution in [0.3, 0.4) is 0 Å². The summed E-state index contributed by atoms with van der Waals surface area (Å²) in [7, 11) is 0. The number of hydrogen-bond donors (Lipinski definition) is 2. The van der Waals surface area contributed by atoms with E-state index in [9.17, 15) is 19.5 Å². The summed E-state index contributed by atoms with van der Waals surface area (Å²) < 4.78 is 0. The molecule has 26 heavy (non-hydrogen) atoms. The van der Waals surface area contributed by atoms with Crippen LogP contribution in [0, 0.1) is 5.92 Å². The molecule has 140 valence electrons. The van der Waals surface area contributed by atoms with E-state index in [-0.39, 0.29) is 11.8 Å². The first kappa shape index (κ1) is 18.4. The van der Waals surface area contributed by atoms with Gasteiger partial charge in [-0.2, -0.15) is 0 Å². The number of carboxylic acids is 1. The molecule has 1 saturated heterocycles. The molecule has 2 amide bonds. The van der Waals surface area contributed by atoms with Crippen LogP contribution in [0.5, 0.6) is 0 Å². The Morgan fingerprint density at radius 3 is 2.42 bits per heavy atom. The third kappa shape index (κ3) is 3.89. The number of rotatable bonds is 5. The van der Waals surface area contributed by atoms with E-state index in [1.165, 1.54) is 0 Å². The fraction of sp³-hybridized carbons (Fsp3) is 0.550. The molecule has 2 aliphatic rings. The molecule has 2 fully saturated rings. The van der Waals surface area contributed by atoms with E-state index in [4.69, 9.17) is 0 Å². The zero-order valence-electron chi connectivity index (χ0n) is 15.2. The van der Waals surface area contributed by atoms with Crippen LogP contribution >= 0.6 is 0 Å². The van der Waals surface area contributed by atoms with E-state index >= 15 is 0 Å². The number of nitrogens with zero attached hydrogens (tertiary/aromatic N) is 1. The molecule has 1 heterocycles. The van der Waals surface area contributed by atoms with Crippen molar-refractivity contribution in [3.05, 3.63) is 35.4 Å². The molecule has 3 rings (SSSR count). The maximum atomic E-state index is 12.6. The Kier molecular flexibility index (Phi) is 5.30. The minimum absolute atomic E-state index is 0.168. The van der Waals surface area contributed by atoms with E-state index in [0.717, 1.165) is 31.4 Å². The molecule has 0 spiro atoms. The van der Waals surface area contributed by atoms with Gasteiger partial charge in [-0.05, 0) is 55.7 Å². The van der Waals surface area contributed by atoms with Crippen LogP contribution < -0.4 is 5.32 Å². The maximum Gasteiger partial charge on any atom is 0.329 e. The molecule has 0 aromatic heterocycles. The van der Waals surface area contributed by atoms with Gasteiger partial charge >= 0.3 is 5.97 Å². The number of amides is 2. The van der Waals surface area contributed by atoms with E-state index in [1.807, 2.05) is 17.0 Å². The first-order chi connectivity index (χ1) is 12.4. The smallest absolute Gasteiger partial charge is 0.329 e. The highest BCUT2D eigenvalue weighted by molar-refractivity contribution is 5.98. The lowest BCUT2D eigenvalue weighted by molar-refractivity contribution is -0.146. The Morgan fingerprint density at radius 2 is 1.88 bits per heavy atom. The Labute approximate surface area is 153 Å². The first-order valence-electron chi connectivity index (χ1n) is 9.32. The molecule has 0 radical (unpaired) electrons. The van der Waals surface area contributed by atoms with Gasteiger partial charge in [0.15, 0.2) is 0 Å². The molecule has 0 unspecified atom stereocenters. The number of nitrogens with one attached hydrogen (secondary N) is 1. The Morgan fingerprint density at radius 1 is 1.23 bits per heavy atom. The summed E-state index contributed by atoms with van der Waals surface area (Å²) >= 11 is 0. The number of hydrogen-bond acceptors (Lipinski definition) is 3. The van der Waals surface area contributed by atoms with Gasteiger partial charge in [0.2, 0.25) is 5.91 Å². The Balaban J connectivity index is 1.65. The normalized spacial score (nSPS) is 26.0. The number of carbonyl (C=O) groups is 3. The number of benzene rings is 1. The highest BCUT2D eigenvalue weighted by Gasteiger charge is 2.42. The average molecular weight is 358 g/mol. The van der Waals surface area contributed by atoms with Gasteiger partial charge in [-0.3, -0.25) is 9.59 Å². The van der Waals surface area contributed by atoms with Gasteiger partial charge in [0.05, 0.1) is 0 Å². The van der Waals surface area contributed by atoms with Gasteiger partial charge in [-0.25, -0.2) is 4.79 Å². The van der Waals surface area contributed by atoms with E-state index < -0.39 is 11.5 Å². The highest BCUT2D eigenvalue weighted by atomic mass is 16.4. The summed E-state index contributed by atoms with van der Waals surface area (Å²) in [6, 6.07) is 7.06. The Hall–Kier alpha value is -2.37. The minimum Gasteiger partial charge on any atom is -0.480 e. The molecule has 1 aromatic carbocycles. The van der Waals surface area contributed by atoms with Crippen molar-refractivity contribution in [1.82, 2.24) is 10.2 Å². The molecule has 0 atom stereocenters. The van der Waals surface area contributed by atoms with E-state index in [2.05, 4.69) is 12.2 Å². The molecular weight excluding hydrogens is 332 g/mol. The molecule has 1 saturated carbocycles. The van der Waals surface area contributed by atoms with Crippen molar-refractivity contribution >= 4 is 17.8 Å². The average Bonchev–Trinajstić information content (AvgIpc) is 3.02. The predicted molar refractivity (Wildman–Crippen MR) is 96.6 cm³/mol. The molecular formula is C20H26N2O4. The molecule has 1 aromatic rings. The van der Waals surface area contributed by atoms with Crippen LogP contribution in [0.15, 0.2) is 24.3 Å². The molecule has 1 aliphatic carbocycles. The summed E-state index contributed by atoms with van der Waals surface area (Å²) in [5, 5.41) is 12.4. The van der Waals surface area contributed by atoms with Gasteiger partial charge in [0.25, 0.3) is 5.91 Å². The summed E-state index contributed by atoms with van der Waals surface area (Å²) in [4.78, 5) is 37.9. The van der Waals surface area contributed by atoms with Crippen molar-refractivity contribution in [3.8, 4) is 0 Å². The lowest BCUT2D eigenvalue weighted by atomic mass is 9.77. The SMILES string of the molecule is CC1CCC(NC(=O)c2ccc(CN3CCCC3=O)cc2)(C(=O)O)CC1. The fourth-order valence-electron chi connectivity index (χ4n) is 3.79. The molecule has 6 heteroatoms. The molecule has 0 bridgehead atoms. The van der Waals surface area contributed by atoms with Crippen LogP contribution in [0.25, 0.3) is 0 Å². The molecule has 1 aliphatic heterocycles. The third-order valence-corrected chi connectivity index (χ3v) is 5.65. The van der Waals surface area contributed by atoms with Gasteiger partial charge in [0.1, 0.15) is 5.54 Å². The third-order valence-electron chi connectivity index (χ3n) is 5.65. The lowest BCUT2D eigenvalue weighted by Gasteiger charge is -2.36. The van der Waals surface area contributed by atoms with Crippen LogP contribution in [0.2, 0.25) is 0 Å². The van der Waals surface area contributed by atoms with Gasteiger partial charge in [-0.15, -0.1) is 0 Å². The summed E-state index contributed by atoms with van der Waals surface area (Å²) in [5.74, 6) is -0.652. The summed E-state index contributed by atoms with van der Waals surface area (Å²) in [5.41, 5.74) is 0.251. The monoisotopic (exact) mass is 358 g/mol. The number of aliphatic carboxylic acids is 1. The summed E-state index contributed by atoms with van der Waals surface area (Å²) in [6.07, 6.45) is 4.03. The van der Waals surface area contributed by atoms with Crippen molar-refractivity contribution in [3.63, 3.8) is 0 Å². The van der Waals surface area contributed by atoms with Crippen LogP contribution in [-0.4, -0.2) is 39.9 Å². The first-order valence-corrected chi connectivity index (χ1v) is 9.32. The van der Waals surface area contributed by atoms with Gasteiger partial charge < -0.3 is 15.3 Å². The second-order valence-corrected chi connectivity index (χ2v) is 7.64. The fourth-order valence-corrected chi connectivity index (χ4v) is 3.79. The second kappa shape index (κ2) is 7.48. The van der Waals surface area contributed by atoms with Crippen LogP contribution in [-0.2, 0) is 16.1 Å². The standard InChI is InChI=1S/C20H26N2O4/c1-14-8-10-20(11-9-14,19(25)26)21-18(24)16-6-4-15(5-7-16)13-22-12-2-3-17(22)23/h4-7,14H,2-3,8-13H2,1H3,(H,21,24)(H,25,26). The van der Waals surface area contributed by atoms with Gasteiger partial charge in [-0.1, -0.05) is 19.1 Å². The van der Waals surface area contributed by atoms with Crippen molar-refractivity contribution in [1.29, 1.82) is 0 Å². The Bertz CT molecular complexity index is 690. The second-order valence-electron chi connectivity index (χ2n) is 7.64. The summed E-state index contributed by atoms with van der Waals surface area (Å²) in [6.45, 7) is 3.44. The molecule has 2 N–H and O–H groups in total. The number of carbonyl (C=O) groups excluding carboxylic acids is 2. The number of likely N-dealkylation sites (tertiary alicyclic amines) is 1. The van der Waals surface area contributed by atoms with Crippen molar-refractivity contribution in [2.75, 3.05) is 6.54 Å². The van der Waals surface area contributed by atoms with E-state index in [0.29, 0.717) is 37.3 Å². The maximum absolute atomic E-state index is 12.6. The van der Waals surface area contributed by atoms with Crippen molar-refractivity contribution in [2.45, 2.75) is 57.5 Å².